The second kappa shape index (κ2) is 8.97. The lowest BCUT2D eigenvalue weighted by atomic mass is 10.0. The number of urea groups is 1. The van der Waals surface area contributed by atoms with Crippen molar-refractivity contribution < 1.29 is 18.7 Å². The van der Waals surface area contributed by atoms with Crippen molar-refractivity contribution in [2.75, 3.05) is 6.61 Å². The maximum Gasteiger partial charge on any atom is 0.319 e. The van der Waals surface area contributed by atoms with Gasteiger partial charge in [0, 0.05) is 19.0 Å². The van der Waals surface area contributed by atoms with Crippen LogP contribution in [0.3, 0.4) is 0 Å². The Morgan fingerprint density at radius 2 is 2.04 bits per heavy atom. The third kappa shape index (κ3) is 5.02. The molecule has 0 fully saturated rings. The van der Waals surface area contributed by atoms with Crippen LogP contribution in [0.25, 0.3) is 0 Å². The Morgan fingerprint density at radius 1 is 1.29 bits per heavy atom. The lowest BCUT2D eigenvalue weighted by Gasteiger charge is -2.19. The molecule has 8 heteroatoms. The Kier molecular flexibility index (Phi) is 6.68. The fourth-order valence-electron chi connectivity index (χ4n) is 2.33. The minimum absolute atomic E-state index is 0.0262. The van der Waals surface area contributed by atoms with Crippen molar-refractivity contribution in [1.29, 1.82) is 0 Å². The van der Waals surface area contributed by atoms with Crippen LogP contribution in [0.2, 0.25) is 0 Å². The number of alkyl halides is 2. The smallest absolute Gasteiger partial charge is 0.319 e. The van der Waals surface area contributed by atoms with E-state index in [-0.39, 0.29) is 25.0 Å². The van der Waals surface area contributed by atoms with Gasteiger partial charge in [0.2, 0.25) is 0 Å². The van der Waals surface area contributed by atoms with Crippen LogP contribution in [0.15, 0.2) is 42.7 Å². The highest BCUT2D eigenvalue weighted by Crippen LogP contribution is 2.18. The van der Waals surface area contributed by atoms with Crippen LogP contribution >= 0.6 is 0 Å². The van der Waals surface area contributed by atoms with Gasteiger partial charge in [-0.3, -0.25) is 4.57 Å². The fourth-order valence-corrected chi connectivity index (χ4v) is 2.33. The Hall–Kier alpha value is -2.48. The number of rotatable bonds is 8. The molecule has 1 aromatic carbocycles. The van der Waals surface area contributed by atoms with Crippen LogP contribution in [0.1, 0.15) is 36.8 Å². The zero-order valence-corrected chi connectivity index (χ0v) is 13.0. The number of carbonyl (C=O) groups is 1. The Bertz CT molecular complexity index is 634. The number of benzene rings is 1. The summed E-state index contributed by atoms with van der Waals surface area (Å²) >= 11 is 0. The van der Waals surface area contributed by atoms with Crippen LogP contribution in [0.4, 0.5) is 13.6 Å². The number of aliphatic hydroxyl groups is 1. The molecule has 2 rings (SSSR count). The molecule has 0 saturated heterocycles. The number of nitrogens with zero attached hydrogens (tertiary/aromatic N) is 2. The van der Waals surface area contributed by atoms with E-state index in [1.807, 2.05) is 30.3 Å². The number of halogens is 2. The maximum absolute atomic E-state index is 12.7. The van der Waals surface area contributed by atoms with Gasteiger partial charge in [0.15, 0.2) is 0 Å². The van der Waals surface area contributed by atoms with Crippen LogP contribution in [-0.2, 0) is 6.54 Å². The van der Waals surface area contributed by atoms with Gasteiger partial charge in [-0.1, -0.05) is 30.3 Å². The third-order valence-corrected chi connectivity index (χ3v) is 3.52. The first kappa shape index (κ1) is 17.9. The molecule has 2 amide bonds. The van der Waals surface area contributed by atoms with E-state index in [4.69, 9.17) is 5.11 Å². The lowest BCUT2D eigenvalue weighted by Crippen LogP contribution is -2.38. The second-order valence-corrected chi connectivity index (χ2v) is 5.18. The molecule has 0 radical (unpaired) electrons. The predicted molar refractivity (Wildman–Crippen MR) is 84.4 cm³/mol. The van der Waals surface area contributed by atoms with Gasteiger partial charge >= 0.3 is 12.6 Å². The fraction of sp³-hybridized carbons (Fsp3) is 0.375. The van der Waals surface area contributed by atoms with Gasteiger partial charge < -0.3 is 15.7 Å². The van der Waals surface area contributed by atoms with Crippen molar-refractivity contribution in [2.45, 2.75) is 32.0 Å². The van der Waals surface area contributed by atoms with E-state index in [9.17, 15) is 13.6 Å². The summed E-state index contributed by atoms with van der Waals surface area (Å²) in [7, 11) is 0. The van der Waals surface area contributed by atoms with Gasteiger partial charge in [-0.15, -0.1) is 0 Å². The average Bonchev–Trinajstić information content (AvgIpc) is 3.06. The Balaban J connectivity index is 1.94. The van der Waals surface area contributed by atoms with Crippen molar-refractivity contribution in [3.63, 3.8) is 0 Å². The van der Waals surface area contributed by atoms with E-state index in [1.54, 1.807) is 0 Å². The first-order valence-electron chi connectivity index (χ1n) is 7.62. The summed E-state index contributed by atoms with van der Waals surface area (Å²) in [6.07, 6.45) is 3.53. The third-order valence-electron chi connectivity index (χ3n) is 3.52. The molecule has 130 valence electrons. The summed E-state index contributed by atoms with van der Waals surface area (Å²) in [5, 5.41) is 14.3. The van der Waals surface area contributed by atoms with Crippen LogP contribution in [0.5, 0.6) is 0 Å². The number of amides is 2. The van der Waals surface area contributed by atoms with Gasteiger partial charge in [0.1, 0.15) is 5.82 Å². The molecule has 24 heavy (non-hydrogen) atoms. The number of imidazole rings is 1. The summed E-state index contributed by atoms with van der Waals surface area (Å²) in [5.74, 6) is 0.0757. The minimum atomic E-state index is -2.70. The summed E-state index contributed by atoms with van der Waals surface area (Å²) in [6.45, 7) is -2.78. The van der Waals surface area contributed by atoms with Crippen LogP contribution in [0, 0.1) is 0 Å². The lowest BCUT2D eigenvalue weighted by molar-refractivity contribution is 0.0667. The molecule has 1 aromatic heterocycles. The largest absolute Gasteiger partial charge is 0.396 e. The molecule has 0 aliphatic carbocycles. The van der Waals surface area contributed by atoms with E-state index >= 15 is 0 Å². The molecule has 0 bridgehead atoms. The second-order valence-electron chi connectivity index (χ2n) is 5.18. The van der Waals surface area contributed by atoms with E-state index in [0.29, 0.717) is 17.4 Å². The summed E-state index contributed by atoms with van der Waals surface area (Å²) in [4.78, 5) is 15.9. The first-order chi connectivity index (χ1) is 11.6. The molecule has 0 aliphatic rings. The first-order valence-corrected chi connectivity index (χ1v) is 7.62. The van der Waals surface area contributed by atoms with Crippen molar-refractivity contribution in [2.24, 2.45) is 0 Å². The average molecular weight is 338 g/mol. The minimum Gasteiger partial charge on any atom is -0.396 e. The van der Waals surface area contributed by atoms with Crippen LogP contribution < -0.4 is 10.6 Å². The van der Waals surface area contributed by atoms with E-state index in [1.165, 1.54) is 6.20 Å². The zero-order chi connectivity index (χ0) is 17.4. The molecular formula is C16H20F2N4O2. The maximum atomic E-state index is 12.7. The molecular weight excluding hydrogens is 318 g/mol. The molecule has 0 spiro atoms. The van der Waals surface area contributed by atoms with Crippen molar-refractivity contribution in [1.82, 2.24) is 20.2 Å². The van der Waals surface area contributed by atoms with Crippen molar-refractivity contribution in [3.05, 3.63) is 54.1 Å². The number of nitrogens with one attached hydrogen (secondary N) is 2. The Morgan fingerprint density at radius 3 is 2.71 bits per heavy atom. The molecule has 3 N–H and O–H groups in total. The SMILES string of the molecule is O=C(NCc1nccn1C(F)F)NC(CCCO)c1ccccc1. The summed E-state index contributed by atoms with van der Waals surface area (Å²) in [5.41, 5.74) is 0.912. The van der Waals surface area contributed by atoms with Gasteiger partial charge in [-0.25, -0.2) is 9.78 Å². The van der Waals surface area contributed by atoms with E-state index in [2.05, 4.69) is 15.6 Å². The molecule has 1 atom stereocenters. The number of hydrogen-bond donors (Lipinski definition) is 3. The van der Waals surface area contributed by atoms with Gasteiger partial charge in [-0.2, -0.15) is 8.78 Å². The number of aliphatic hydroxyl groups excluding tert-OH is 1. The summed E-state index contributed by atoms with van der Waals surface area (Å²) in [6, 6.07) is 8.61. The predicted octanol–water partition coefficient (Wildman–Crippen LogP) is 2.59. The molecule has 6 nitrogen and oxygen atoms in total. The number of aromatic nitrogens is 2. The molecule has 1 heterocycles. The number of carbonyl (C=O) groups excluding carboxylic acids is 1. The van der Waals surface area contributed by atoms with Crippen molar-refractivity contribution in [3.8, 4) is 0 Å². The standard InChI is InChI=1S/C16H20F2N4O2/c17-15(18)22-9-8-19-14(22)11-20-16(24)21-13(7-4-10-23)12-5-2-1-3-6-12/h1-3,5-6,8-9,13,15,23H,4,7,10-11H2,(H2,20,21,24). The molecule has 0 saturated carbocycles. The van der Waals surface area contributed by atoms with Gasteiger partial charge in [0.05, 0.1) is 12.6 Å². The van der Waals surface area contributed by atoms with Gasteiger partial charge in [0.25, 0.3) is 0 Å². The highest BCUT2D eigenvalue weighted by molar-refractivity contribution is 5.74. The van der Waals surface area contributed by atoms with Crippen LogP contribution in [-0.4, -0.2) is 27.3 Å². The quantitative estimate of drug-likeness (QED) is 0.692. The van der Waals surface area contributed by atoms with Crippen molar-refractivity contribution >= 4 is 6.03 Å². The molecule has 1 unspecified atom stereocenters. The highest BCUT2D eigenvalue weighted by Gasteiger charge is 2.16. The van der Waals surface area contributed by atoms with E-state index in [0.717, 1.165) is 11.8 Å². The van der Waals surface area contributed by atoms with Gasteiger partial charge in [-0.05, 0) is 18.4 Å². The molecule has 2 aromatic rings. The topological polar surface area (TPSA) is 79.2 Å². The highest BCUT2D eigenvalue weighted by atomic mass is 19.3. The van der Waals surface area contributed by atoms with E-state index < -0.39 is 12.6 Å². The molecule has 0 aliphatic heterocycles. The monoisotopic (exact) mass is 338 g/mol. The summed E-state index contributed by atoms with van der Waals surface area (Å²) < 4.78 is 26.1. The zero-order valence-electron chi connectivity index (χ0n) is 13.0. The Labute approximate surface area is 138 Å². The normalized spacial score (nSPS) is 12.2. The number of hydrogen-bond acceptors (Lipinski definition) is 3.